The Morgan fingerprint density at radius 1 is 0.755 bits per heavy atom. The number of allylic oxidation sites excluding steroid dienone is 4. The minimum Gasteiger partial charge on any atom is -0.472 e. The van der Waals surface area contributed by atoms with Crippen LogP contribution in [0.5, 0.6) is 0 Å². The zero-order valence-corrected chi connectivity index (χ0v) is 30.5. The average molecular weight is 794 g/mol. The van der Waals surface area contributed by atoms with Gasteiger partial charge in [-0.3, -0.25) is 9.97 Å². The van der Waals surface area contributed by atoms with Crippen molar-refractivity contribution in [3.8, 4) is 23.3 Å². The van der Waals surface area contributed by atoms with Gasteiger partial charge in [-0.25, -0.2) is 4.39 Å². The molecule has 254 valence electrons. The number of nitrogens with one attached hydrogen (secondary N) is 2. The highest BCUT2D eigenvalue weighted by molar-refractivity contribution is 9.10. The van der Waals surface area contributed by atoms with E-state index in [1.54, 1.807) is 67.9 Å². The fourth-order valence-corrected chi connectivity index (χ4v) is 7.89. The molecule has 2 N–H and O–H groups in total. The van der Waals surface area contributed by atoms with E-state index in [-0.39, 0.29) is 17.0 Å². The third-order valence-corrected chi connectivity index (χ3v) is 10.6. The van der Waals surface area contributed by atoms with Gasteiger partial charge in [0.05, 0.1) is 23.7 Å². The smallest absolute Gasteiger partial charge is 0.123 e. The molecule has 0 aliphatic carbocycles. The van der Waals surface area contributed by atoms with E-state index >= 15 is 0 Å². The molecule has 5 aromatic heterocycles. The van der Waals surface area contributed by atoms with Crippen LogP contribution in [0.25, 0.3) is 55.2 Å². The van der Waals surface area contributed by atoms with E-state index in [0.717, 1.165) is 47.2 Å². The number of aromatic nitrogens is 4. The van der Waals surface area contributed by atoms with E-state index in [1.165, 1.54) is 23.9 Å². The van der Waals surface area contributed by atoms with Gasteiger partial charge in [0, 0.05) is 117 Å². The van der Waals surface area contributed by atoms with E-state index in [2.05, 4.69) is 48.0 Å². The fourth-order valence-electron chi connectivity index (χ4n) is 6.44. The first-order valence-electron chi connectivity index (χ1n) is 16.1. The second-order valence-corrected chi connectivity index (χ2v) is 14.3. The van der Waals surface area contributed by atoms with E-state index in [9.17, 15) is 14.9 Å². The number of fused-ring (bicyclic) bond motifs is 2. The molecular weight excluding hydrogens is 771 g/mol. The predicted octanol–water partition coefficient (Wildman–Crippen LogP) is 12.0. The van der Waals surface area contributed by atoms with Crippen LogP contribution in [-0.4, -0.2) is 19.9 Å². The Morgan fingerprint density at radius 3 is 2.08 bits per heavy atom. The number of hydrogen-bond acceptors (Lipinski definition) is 6. The van der Waals surface area contributed by atoms with Crippen molar-refractivity contribution in [2.45, 2.75) is 9.79 Å². The number of halogens is 3. The van der Waals surface area contributed by atoms with Gasteiger partial charge in [-0.2, -0.15) is 10.5 Å². The maximum absolute atomic E-state index is 14.0. The molecule has 0 amide bonds. The van der Waals surface area contributed by atoms with Gasteiger partial charge in [-0.15, -0.1) is 0 Å². The minimum atomic E-state index is -0.354. The van der Waals surface area contributed by atoms with Crippen LogP contribution >= 0.6 is 39.3 Å². The first-order valence-corrected chi connectivity index (χ1v) is 18.1. The standard InChI is InChI=1S/C42H23BrClFN6OS/c43-25-1-7-38-30(15-25)34(21-50-38)33(18-47)42(37-20-49-13-10-40(37)53-28-5-3-27(45)4-6-28)41(36-19-48-12-9-29(36)24-11-14-52-23-24)32(17-46)35-22-51-39-8-2-26(44)16-31(35)39/h1-16,19-23,50-51H/b41-32-,42-33-. The lowest BCUT2D eigenvalue weighted by molar-refractivity contribution is 0.568. The summed E-state index contributed by atoms with van der Waals surface area (Å²) in [5.74, 6) is -0.354. The second-order valence-electron chi connectivity index (χ2n) is 11.9. The Bertz CT molecular complexity index is 2830. The monoisotopic (exact) mass is 792 g/mol. The van der Waals surface area contributed by atoms with E-state index in [0.29, 0.717) is 38.4 Å². The van der Waals surface area contributed by atoms with Crippen LogP contribution in [0.1, 0.15) is 22.3 Å². The molecule has 0 fully saturated rings. The zero-order valence-electron chi connectivity index (χ0n) is 27.4. The van der Waals surface area contributed by atoms with Crippen LogP contribution in [0.3, 0.4) is 0 Å². The number of pyridine rings is 2. The maximum atomic E-state index is 14.0. The summed E-state index contributed by atoms with van der Waals surface area (Å²) >= 11 is 11.5. The summed E-state index contributed by atoms with van der Waals surface area (Å²) in [4.78, 5) is 17.2. The number of hydrogen-bond donors (Lipinski definition) is 2. The largest absolute Gasteiger partial charge is 0.472 e. The highest BCUT2D eigenvalue weighted by atomic mass is 79.9. The van der Waals surface area contributed by atoms with Crippen molar-refractivity contribution in [1.29, 1.82) is 10.5 Å². The molecule has 0 bridgehead atoms. The van der Waals surface area contributed by atoms with Crippen LogP contribution in [-0.2, 0) is 0 Å². The van der Waals surface area contributed by atoms with Gasteiger partial charge in [0.1, 0.15) is 18.0 Å². The lowest BCUT2D eigenvalue weighted by Gasteiger charge is -2.21. The number of rotatable bonds is 8. The Morgan fingerprint density at radius 2 is 1.40 bits per heavy atom. The highest BCUT2D eigenvalue weighted by Crippen LogP contribution is 2.49. The molecule has 3 aromatic carbocycles. The van der Waals surface area contributed by atoms with Gasteiger partial charge in [0.25, 0.3) is 0 Å². The molecular formula is C42H23BrClFN6OS. The van der Waals surface area contributed by atoms with E-state index in [4.69, 9.17) is 16.0 Å². The van der Waals surface area contributed by atoms with Crippen molar-refractivity contribution in [3.05, 3.63) is 166 Å². The van der Waals surface area contributed by atoms with Gasteiger partial charge in [-0.05, 0) is 84.4 Å². The predicted molar refractivity (Wildman–Crippen MR) is 211 cm³/mol. The second kappa shape index (κ2) is 14.5. The van der Waals surface area contributed by atoms with Crippen molar-refractivity contribution >= 4 is 83.4 Å². The summed E-state index contributed by atoms with van der Waals surface area (Å²) in [6.45, 7) is 0. The average Bonchev–Trinajstić information content (AvgIpc) is 3.96. The molecule has 0 unspecified atom stereocenters. The van der Waals surface area contributed by atoms with Gasteiger partial charge < -0.3 is 14.4 Å². The summed E-state index contributed by atoms with van der Waals surface area (Å²) in [5.41, 5.74) is 6.84. The van der Waals surface area contributed by atoms with Gasteiger partial charge in [0.2, 0.25) is 0 Å². The molecule has 11 heteroatoms. The molecule has 0 radical (unpaired) electrons. The van der Waals surface area contributed by atoms with Crippen LogP contribution in [0, 0.1) is 28.5 Å². The highest BCUT2D eigenvalue weighted by Gasteiger charge is 2.29. The molecule has 0 spiro atoms. The number of benzene rings is 3. The Hall–Kier alpha value is -6.17. The third-order valence-electron chi connectivity index (χ3n) is 8.81. The van der Waals surface area contributed by atoms with Crippen LogP contribution in [0.4, 0.5) is 4.39 Å². The molecule has 5 heterocycles. The molecule has 8 aromatic rings. The summed E-state index contributed by atoms with van der Waals surface area (Å²) in [6, 6.07) is 28.0. The third kappa shape index (κ3) is 6.45. The number of H-pyrrole nitrogens is 2. The summed E-state index contributed by atoms with van der Waals surface area (Å²) < 4.78 is 20.4. The van der Waals surface area contributed by atoms with Crippen LogP contribution < -0.4 is 0 Å². The Balaban J connectivity index is 1.56. The molecule has 0 saturated heterocycles. The van der Waals surface area contributed by atoms with Crippen LogP contribution in [0.2, 0.25) is 5.02 Å². The number of nitriles is 2. The first-order chi connectivity index (χ1) is 25.9. The van der Waals surface area contributed by atoms with Crippen molar-refractivity contribution in [2.24, 2.45) is 0 Å². The van der Waals surface area contributed by atoms with Gasteiger partial charge in [0.15, 0.2) is 0 Å². The maximum Gasteiger partial charge on any atom is 0.123 e. The summed E-state index contributed by atoms with van der Waals surface area (Å²) in [7, 11) is 0. The topological polar surface area (TPSA) is 118 Å². The number of nitrogens with zero attached hydrogens (tertiary/aromatic N) is 4. The quantitative estimate of drug-likeness (QED) is 0.117. The van der Waals surface area contributed by atoms with Gasteiger partial charge >= 0.3 is 0 Å². The molecule has 8 rings (SSSR count). The molecule has 7 nitrogen and oxygen atoms in total. The number of furan rings is 1. The van der Waals surface area contributed by atoms with Crippen molar-refractivity contribution in [1.82, 2.24) is 19.9 Å². The first kappa shape index (κ1) is 33.9. The van der Waals surface area contributed by atoms with Crippen molar-refractivity contribution in [2.75, 3.05) is 0 Å². The summed E-state index contributed by atoms with van der Waals surface area (Å²) in [6.07, 6.45) is 13.5. The zero-order chi connectivity index (χ0) is 36.5. The lowest BCUT2D eigenvalue weighted by atomic mass is 9.81. The normalized spacial score (nSPS) is 12.3. The lowest BCUT2D eigenvalue weighted by Crippen LogP contribution is -2.03. The van der Waals surface area contributed by atoms with Crippen LogP contribution in [0.15, 0.2) is 147 Å². The van der Waals surface area contributed by atoms with E-state index in [1.807, 2.05) is 48.5 Å². The molecule has 0 atom stereocenters. The minimum absolute atomic E-state index is 0.265. The molecule has 0 aliphatic rings. The molecule has 53 heavy (non-hydrogen) atoms. The van der Waals surface area contributed by atoms with Crippen molar-refractivity contribution in [3.63, 3.8) is 0 Å². The molecule has 0 saturated carbocycles. The fraction of sp³-hybridized carbons (Fsp3) is 0. The molecule has 0 aliphatic heterocycles. The Kier molecular flexibility index (Phi) is 9.26. The summed E-state index contributed by atoms with van der Waals surface area (Å²) in [5, 5.41) is 24.7. The van der Waals surface area contributed by atoms with E-state index < -0.39 is 0 Å². The Labute approximate surface area is 320 Å². The van der Waals surface area contributed by atoms with Gasteiger partial charge in [-0.1, -0.05) is 39.3 Å². The number of aromatic amines is 2. The van der Waals surface area contributed by atoms with Crippen molar-refractivity contribution < 1.29 is 8.81 Å². The SMILES string of the molecule is N#C/C(=C(/C(=C(/C#N)c1c[nH]c2ccc(Cl)cc12)c1cnccc1-c1ccoc1)c1cnccc1Sc1ccc(F)cc1)c1c[nH]c2ccc(Br)cc12.